The molecule has 0 saturated carbocycles. The molecule has 0 bridgehead atoms. The quantitative estimate of drug-likeness (QED) is 0.748. The molecule has 0 amide bonds. The molecule has 2 atom stereocenters. The van der Waals surface area contributed by atoms with Gasteiger partial charge in [0.25, 0.3) is 0 Å². The largest absolute Gasteiger partial charge is 0.314 e. The second-order valence-corrected chi connectivity index (χ2v) is 6.42. The zero-order valence-corrected chi connectivity index (χ0v) is 13.0. The third-order valence-corrected chi connectivity index (χ3v) is 4.43. The Morgan fingerprint density at radius 2 is 1.94 bits per heavy atom. The van der Waals surface area contributed by atoms with Gasteiger partial charge in [0.15, 0.2) is 0 Å². The fourth-order valence-electron chi connectivity index (χ4n) is 2.94. The molecule has 0 aromatic heterocycles. The molecule has 108 valence electrons. The van der Waals surface area contributed by atoms with Gasteiger partial charge >= 0.3 is 0 Å². The molecule has 1 aliphatic rings. The maximum absolute atomic E-state index is 3.59. The van der Waals surface area contributed by atoms with E-state index in [1.54, 1.807) is 0 Å². The van der Waals surface area contributed by atoms with Crippen molar-refractivity contribution in [1.82, 2.24) is 10.2 Å². The van der Waals surface area contributed by atoms with Crippen LogP contribution in [0.2, 0.25) is 0 Å². The average molecular weight is 254 g/mol. The second kappa shape index (κ2) is 8.92. The Morgan fingerprint density at radius 1 is 1.17 bits per heavy atom. The third-order valence-electron chi connectivity index (χ3n) is 4.43. The first-order valence-electron chi connectivity index (χ1n) is 8.09. The lowest BCUT2D eigenvalue weighted by Gasteiger charge is -2.23. The van der Waals surface area contributed by atoms with Gasteiger partial charge in [0, 0.05) is 6.04 Å². The van der Waals surface area contributed by atoms with Crippen LogP contribution in [0.5, 0.6) is 0 Å². The van der Waals surface area contributed by atoms with E-state index in [0.29, 0.717) is 6.04 Å². The van der Waals surface area contributed by atoms with Crippen LogP contribution in [-0.2, 0) is 0 Å². The average Bonchev–Trinajstić information content (AvgIpc) is 2.59. The Kier molecular flexibility index (Phi) is 7.92. The summed E-state index contributed by atoms with van der Waals surface area (Å²) in [4.78, 5) is 2.69. The standard InChI is InChI=1S/C16H34N2/c1-5-10-17-15(4)8-12-18-11-6-7-16(9-13-18)14(2)3/h14-17H,5-13H2,1-4H3. The molecule has 0 aliphatic carbocycles. The van der Waals surface area contributed by atoms with Crippen LogP contribution in [0.15, 0.2) is 0 Å². The van der Waals surface area contributed by atoms with Gasteiger partial charge in [0.2, 0.25) is 0 Å². The summed E-state index contributed by atoms with van der Waals surface area (Å²) in [6.07, 6.45) is 6.79. The molecule has 1 saturated heterocycles. The number of hydrogen-bond acceptors (Lipinski definition) is 2. The first-order valence-corrected chi connectivity index (χ1v) is 8.09. The molecule has 2 nitrogen and oxygen atoms in total. The number of rotatable bonds is 7. The minimum Gasteiger partial charge on any atom is -0.314 e. The van der Waals surface area contributed by atoms with E-state index in [1.165, 1.54) is 51.7 Å². The van der Waals surface area contributed by atoms with Gasteiger partial charge in [-0.3, -0.25) is 0 Å². The lowest BCUT2D eigenvalue weighted by molar-refractivity contribution is 0.258. The van der Waals surface area contributed by atoms with E-state index in [4.69, 9.17) is 0 Å². The van der Waals surface area contributed by atoms with Gasteiger partial charge in [0.1, 0.15) is 0 Å². The molecule has 1 N–H and O–H groups in total. The van der Waals surface area contributed by atoms with Crippen LogP contribution in [0, 0.1) is 11.8 Å². The van der Waals surface area contributed by atoms with Crippen molar-refractivity contribution in [1.29, 1.82) is 0 Å². The SMILES string of the molecule is CCCNC(C)CCN1CCCC(C(C)C)CC1. The lowest BCUT2D eigenvalue weighted by atomic mass is 9.89. The number of nitrogens with one attached hydrogen (secondary N) is 1. The molecule has 0 radical (unpaired) electrons. The van der Waals surface area contributed by atoms with Crippen LogP contribution < -0.4 is 5.32 Å². The van der Waals surface area contributed by atoms with Gasteiger partial charge in [0.05, 0.1) is 0 Å². The van der Waals surface area contributed by atoms with E-state index in [9.17, 15) is 0 Å². The van der Waals surface area contributed by atoms with Crippen molar-refractivity contribution in [2.24, 2.45) is 11.8 Å². The molecule has 18 heavy (non-hydrogen) atoms. The summed E-state index contributed by atoms with van der Waals surface area (Å²) in [5, 5.41) is 3.59. The lowest BCUT2D eigenvalue weighted by Crippen LogP contribution is -2.33. The third kappa shape index (κ3) is 6.19. The summed E-state index contributed by atoms with van der Waals surface area (Å²) in [7, 11) is 0. The van der Waals surface area contributed by atoms with Crippen molar-refractivity contribution in [3.63, 3.8) is 0 Å². The summed E-state index contributed by atoms with van der Waals surface area (Å²) in [6.45, 7) is 14.4. The molecule has 1 heterocycles. The fourth-order valence-corrected chi connectivity index (χ4v) is 2.94. The van der Waals surface area contributed by atoms with E-state index in [1.807, 2.05) is 0 Å². The monoisotopic (exact) mass is 254 g/mol. The van der Waals surface area contributed by atoms with Crippen LogP contribution in [0.4, 0.5) is 0 Å². The molecule has 0 spiro atoms. The normalized spacial score (nSPS) is 24.2. The van der Waals surface area contributed by atoms with Crippen molar-refractivity contribution in [3.05, 3.63) is 0 Å². The minimum atomic E-state index is 0.675. The number of likely N-dealkylation sites (tertiary alicyclic amines) is 1. The molecular weight excluding hydrogens is 220 g/mol. The second-order valence-electron chi connectivity index (χ2n) is 6.42. The van der Waals surface area contributed by atoms with E-state index < -0.39 is 0 Å². The predicted octanol–water partition coefficient (Wildman–Crippen LogP) is 3.52. The smallest absolute Gasteiger partial charge is 0.00508 e. The number of nitrogens with zero attached hydrogens (tertiary/aromatic N) is 1. The van der Waals surface area contributed by atoms with E-state index >= 15 is 0 Å². The van der Waals surface area contributed by atoms with Gasteiger partial charge in [-0.25, -0.2) is 0 Å². The maximum Gasteiger partial charge on any atom is 0.00508 e. The van der Waals surface area contributed by atoms with E-state index in [2.05, 4.69) is 37.9 Å². The highest BCUT2D eigenvalue weighted by atomic mass is 15.1. The van der Waals surface area contributed by atoms with Crippen LogP contribution in [0.3, 0.4) is 0 Å². The number of hydrogen-bond donors (Lipinski definition) is 1. The minimum absolute atomic E-state index is 0.675. The highest BCUT2D eigenvalue weighted by Gasteiger charge is 2.19. The zero-order valence-electron chi connectivity index (χ0n) is 13.0. The summed E-state index contributed by atoms with van der Waals surface area (Å²) in [5.74, 6) is 1.83. The molecule has 1 fully saturated rings. The van der Waals surface area contributed by atoms with Crippen molar-refractivity contribution >= 4 is 0 Å². The van der Waals surface area contributed by atoms with Crippen LogP contribution in [-0.4, -0.2) is 37.1 Å². The van der Waals surface area contributed by atoms with Gasteiger partial charge in [-0.15, -0.1) is 0 Å². The molecule has 0 aromatic carbocycles. The maximum atomic E-state index is 3.59. The van der Waals surface area contributed by atoms with Gasteiger partial charge in [-0.1, -0.05) is 20.8 Å². The Bertz CT molecular complexity index is 203. The van der Waals surface area contributed by atoms with Crippen molar-refractivity contribution in [2.75, 3.05) is 26.2 Å². The Morgan fingerprint density at radius 3 is 2.61 bits per heavy atom. The first kappa shape index (κ1) is 16.0. The molecule has 0 aromatic rings. The van der Waals surface area contributed by atoms with Crippen LogP contribution >= 0.6 is 0 Å². The Balaban J connectivity index is 2.19. The molecule has 1 rings (SSSR count). The van der Waals surface area contributed by atoms with Gasteiger partial charge in [-0.05, 0) is 77.0 Å². The zero-order chi connectivity index (χ0) is 13.4. The Labute approximate surface area is 115 Å². The summed E-state index contributed by atoms with van der Waals surface area (Å²) < 4.78 is 0. The van der Waals surface area contributed by atoms with Crippen LogP contribution in [0.25, 0.3) is 0 Å². The summed E-state index contributed by atoms with van der Waals surface area (Å²) in [6, 6.07) is 0.675. The topological polar surface area (TPSA) is 15.3 Å². The van der Waals surface area contributed by atoms with Crippen molar-refractivity contribution in [2.45, 2.75) is 65.8 Å². The fraction of sp³-hybridized carbons (Fsp3) is 1.00. The predicted molar refractivity (Wildman–Crippen MR) is 81.0 cm³/mol. The van der Waals surface area contributed by atoms with E-state index in [0.717, 1.165) is 18.4 Å². The van der Waals surface area contributed by atoms with Crippen molar-refractivity contribution in [3.8, 4) is 0 Å². The van der Waals surface area contributed by atoms with Crippen LogP contribution in [0.1, 0.15) is 59.8 Å². The molecule has 2 heteroatoms. The summed E-state index contributed by atoms with van der Waals surface area (Å²) >= 11 is 0. The highest BCUT2D eigenvalue weighted by Crippen LogP contribution is 2.24. The highest BCUT2D eigenvalue weighted by molar-refractivity contribution is 4.73. The molecule has 2 unspecified atom stereocenters. The molecule has 1 aliphatic heterocycles. The van der Waals surface area contributed by atoms with Crippen molar-refractivity contribution < 1.29 is 0 Å². The first-order chi connectivity index (χ1) is 8.63. The Hall–Kier alpha value is -0.0800. The van der Waals surface area contributed by atoms with Gasteiger partial charge in [-0.2, -0.15) is 0 Å². The summed E-state index contributed by atoms with van der Waals surface area (Å²) in [5.41, 5.74) is 0. The molecular formula is C16H34N2. The van der Waals surface area contributed by atoms with Gasteiger partial charge < -0.3 is 10.2 Å². The van der Waals surface area contributed by atoms with E-state index in [-0.39, 0.29) is 0 Å².